The number of unbranched alkanes of at least 4 members (excludes halogenated alkanes) is 1. The van der Waals surface area contributed by atoms with E-state index in [9.17, 15) is 19.8 Å². The van der Waals surface area contributed by atoms with Crippen molar-refractivity contribution in [3.8, 4) is 34.3 Å². The van der Waals surface area contributed by atoms with Crippen LogP contribution in [0.3, 0.4) is 0 Å². The lowest BCUT2D eigenvalue weighted by Gasteiger charge is -2.17. The number of aliphatic carboxylic acids is 1. The Bertz CT molecular complexity index is 1800. The van der Waals surface area contributed by atoms with E-state index in [1.54, 1.807) is 43.6 Å². The minimum Gasteiger partial charge on any atom is -0.497 e. The number of nitrogens with zero attached hydrogens (tertiary/aromatic N) is 2. The molecule has 2 N–H and O–H groups in total. The van der Waals surface area contributed by atoms with Gasteiger partial charge in [-0.05, 0) is 42.8 Å². The predicted octanol–water partition coefficient (Wildman–Crippen LogP) is 6.94. The molecule has 0 spiro atoms. The number of carbonyl (C=O) groups is 2. The lowest BCUT2D eigenvalue weighted by molar-refractivity contribution is -0.132. The van der Waals surface area contributed by atoms with Crippen LogP contribution in [0.5, 0.6) is 23.0 Å². The number of hydrogen-bond acceptors (Lipinski definition) is 7. The molecule has 46 heavy (non-hydrogen) atoms. The Morgan fingerprint density at radius 3 is 2.61 bits per heavy atom. The third kappa shape index (κ3) is 6.97. The molecular formula is C35H35ClN2O8. The Balaban J connectivity index is 1.58. The summed E-state index contributed by atoms with van der Waals surface area (Å²) in [5, 5.41) is 24.8. The van der Waals surface area contributed by atoms with Gasteiger partial charge in [-0.1, -0.05) is 37.1 Å². The van der Waals surface area contributed by atoms with Gasteiger partial charge in [-0.15, -0.1) is 0 Å². The van der Waals surface area contributed by atoms with Crippen molar-refractivity contribution in [2.45, 2.75) is 45.8 Å². The number of methoxy groups -OCH3 is 2. The van der Waals surface area contributed by atoms with Gasteiger partial charge in [0.05, 0.1) is 43.3 Å². The molecule has 0 fully saturated rings. The standard InChI is InChI=1S/C35H35ClN2O8/c1-4-5-12-38-33(27-10-9-26(43-2)18-31(27)46-20-22-7-6-8-28(36)32(22)35(41)42)25(19-37-38)15-24(34(39)40)14-23-17-30-21(11-13-45-30)16-29(23)44-3/h6-10,15-19H,4-5,11-14,20H2,1-3H3,(H,39,40)(H,41,42). The number of carboxylic acids is 2. The molecular weight excluding hydrogens is 612 g/mol. The maximum Gasteiger partial charge on any atom is 0.337 e. The number of aromatic nitrogens is 2. The van der Waals surface area contributed by atoms with Gasteiger partial charge in [0.15, 0.2) is 0 Å². The number of carboxylic acid groups (broad SMARTS) is 2. The zero-order valence-electron chi connectivity index (χ0n) is 25.8. The first-order valence-electron chi connectivity index (χ1n) is 14.9. The van der Waals surface area contributed by atoms with Gasteiger partial charge in [0, 0.05) is 58.8 Å². The number of ether oxygens (including phenoxy) is 4. The molecule has 0 saturated heterocycles. The fourth-order valence-corrected chi connectivity index (χ4v) is 5.74. The van der Waals surface area contributed by atoms with Crippen LogP contribution in [0, 0.1) is 0 Å². The molecule has 4 aromatic rings. The van der Waals surface area contributed by atoms with Crippen LogP contribution in [-0.2, 0) is 30.8 Å². The molecule has 10 nitrogen and oxygen atoms in total. The minimum absolute atomic E-state index is 0.0382. The number of halogens is 1. The first kappa shape index (κ1) is 32.4. The summed E-state index contributed by atoms with van der Waals surface area (Å²) in [5.74, 6) is 0.0225. The molecule has 0 saturated carbocycles. The second-order valence-electron chi connectivity index (χ2n) is 10.8. The van der Waals surface area contributed by atoms with E-state index >= 15 is 0 Å². The van der Waals surface area contributed by atoms with Gasteiger partial charge in [0.25, 0.3) is 0 Å². The monoisotopic (exact) mass is 646 g/mol. The normalized spacial score (nSPS) is 12.4. The van der Waals surface area contributed by atoms with E-state index < -0.39 is 11.9 Å². The average Bonchev–Trinajstić information content (AvgIpc) is 3.67. The Morgan fingerprint density at radius 1 is 1.07 bits per heavy atom. The Morgan fingerprint density at radius 2 is 1.89 bits per heavy atom. The first-order valence-corrected chi connectivity index (χ1v) is 15.3. The lowest BCUT2D eigenvalue weighted by Crippen LogP contribution is -2.08. The summed E-state index contributed by atoms with van der Waals surface area (Å²) in [4.78, 5) is 24.6. The number of aromatic carboxylic acids is 1. The van der Waals surface area contributed by atoms with Crippen LogP contribution < -0.4 is 18.9 Å². The maximum absolute atomic E-state index is 12.6. The summed E-state index contributed by atoms with van der Waals surface area (Å²) in [6.45, 7) is 3.15. The van der Waals surface area contributed by atoms with Crippen molar-refractivity contribution >= 4 is 29.6 Å². The fourth-order valence-electron chi connectivity index (χ4n) is 5.46. The summed E-state index contributed by atoms with van der Waals surface area (Å²) >= 11 is 6.20. The smallest absolute Gasteiger partial charge is 0.337 e. The maximum atomic E-state index is 12.6. The zero-order valence-corrected chi connectivity index (χ0v) is 26.6. The van der Waals surface area contributed by atoms with Crippen molar-refractivity contribution in [1.29, 1.82) is 0 Å². The second kappa shape index (κ2) is 14.4. The van der Waals surface area contributed by atoms with Gasteiger partial charge in [-0.3, -0.25) is 4.68 Å². The van der Waals surface area contributed by atoms with Crippen molar-refractivity contribution in [3.05, 3.63) is 93.1 Å². The van der Waals surface area contributed by atoms with Crippen LogP contribution in [0.1, 0.15) is 52.4 Å². The molecule has 0 unspecified atom stereocenters. The molecule has 0 aliphatic carbocycles. The first-order chi connectivity index (χ1) is 22.2. The van der Waals surface area contributed by atoms with Crippen molar-refractivity contribution < 1.29 is 38.7 Å². The highest BCUT2D eigenvalue weighted by Gasteiger charge is 2.23. The molecule has 2 heterocycles. The second-order valence-corrected chi connectivity index (χ2v) is 11.2. The summed E-state index contributed by atoms with van der Waals surface area (Å²) in [6.07, 6.45) is 5.89. The van der Waals surface area contributed by atoms with Crippen molar-refractivity contribution in [2.24, 2.45) is 0 Å². The minimum atomic E-state index is -1.16. The fraction of sp³-hybridized carbons (Fsp3) is 0.286. The van der Waals surface area contributed by atoms with E-state index in [1.165, 1.54) is 13.2 Å². The number of benzene rings is 3. The number of hydrogen-bond donors (Lipinski definition) is 2. The Kier molecular flexibility index (Phi) is 10.2. The van der Waals surface area contributed by atoms with Crippen LogP contribution in [0.2, 0.25) is 5.02 Å². The molecule has 1 aliphatic rings. The molecule has 0 atom stereocenters. The van der Waals surface area contributed by atoms with E-state index in [4.69, 9.17) is 30.5 Å². The quantitative estimate of drug-likeness (QED) is 0.140. The third-order valence-electron chi connectivity index (χ3n) is 7.81. The van der Waals surface area contributed by atoms with Crippen LogP contribution in [0.25, 0.3) is 17.3 Å². The largest absolute Gasteiger partial charge is 0.497 e. The molecule has 240 valence electrons. The summed E-state index contributed by atoms with van der Waals surface area (Å²) in [7, 11) is 3.10. The molecule has 0 radical (unpaired) electrons. The summed E-state index contributed by atoms with van der Waals surface area (Å²) in [5.41, 5.74) is 4.08. The van der Waals surface area contributed by atoms with Crippen molar-refractivity contribution in [2.75, 3.05) is 20.8 Å². The average molecular weight is 647 g/mol. The van der Waals surface area contributed by atoms with Gasteiger partial charge >= 0.3 is 11.9 Å². The number of rotatable bonds is 14. The van der Waals surface area contributed by atoms with E-state index in [0.717, 1.165) is 30.6 Å². The molecule has 0 amide bonds. The van der Waals surface area contributed by atoms with E-state index in [2.05, 4.69) is 12.0 Å². The third-order valence-corrected chi connectivity index (χ3v) is 8.12. The Labute approximate surface area is 271 Å². The highest BCUT2D eigenvalue weighted by molar-refractivity contribution is 6.33. The SMILES string of the molecule is CCCCn1ncc(C=C(Cc2cc3c(cc2OC)CCO3)C(=O)O)c1-c1ccc(OC)cc1OCc1cccc(Cl)c1C(=O)O. The van der Waals surface area contributed by atoms with Crippen LogP contribution >= 0.6 is 11.6 Å². The molecule has 1 aromatic heterocycles. The highest BCUT2D eigenvalue weighted by atomic mass is 35.5. The van der Waals surface area contributed by atoms with Gasteiger partial charge in [-0.25, -0.2) is 9.59 Å². The summed E-state index contributed by atoms with van der Waals surface area (Å²) in [6, 6.07) is 13.9. The van der Waals surface area contributed by atoms with E-state index in [-0.39, 0.29) is 29.2 Å². The highest BCUT2D eigenvalue weighted by Crippen LogP contribution is 2.38. The van der Waals surface area contributed by atoms with Crippen LogP contribution in [-0.4, -0.2) is 52.8 Å². The Hall–Kier alpha value is -4.96. The predicted molar refractivity (Wildman–Crippen MR) is 173 cm³/mol. The van der Waals surface area contributed by atoms with Crippen LogP contribution in [0.15, 0.2) is 60.3 Å². The molecule has 3 aromatic carbocycles. The lowest BCUT2D eigenvalue weighted by atomic mass is 9.98. The van der Waals surface area contributed by atoms with E-state index in [1.807, 2.05) is 22.9 Å². The molecule has 0 bridgehead atoms. The molecule has 11 heteroatoms. The van der Waals surface area contributed by atoms with Crippen molar-refractivity contribution in [1.82, 2.24) is 9.78 Å². The zero-order chi connectivity index (χ0) is 32.8. The van der Waals surface area contributed by atoms with Gasteiger partial charge in [0.2, 0.25) is 0 Å². The van der Waals surface area contributed by atoms with Gasteiger partial charge in [0.1, 0.15) is 29.6 Å². The number of fused-ring (bicyclic) bond motifs is 1. The van der Waals surface area contributed by atoms with Crippen molar-refractivity contribution in [3.63, 3.8) is 0 Å². The topological polar surface area (TPSA) is 129 Å². The van der Waals surface area contributed by atoms with Gasteiger partial charge < -0.3 is 29.2 Å². The molecule has 1 aliphatic heterocycles. The van der Waals surface area contributed by atoms with Gasteiger partial charge in [-0.2, -0.15) is 5.10 Å². The number of aryl methyl sites for hydroxylation is 1. The molecule has 5 rings (SSSR count). The van der Waals surface area contributed by atoms with Crippen LogP contribution in [0.4, 0.5) is 0 Å². The van der Waals surface area contributed by atoms with E-state index in [0.29, 0.717) is 58.3 Å². The summed E-state index contributed by atoms with van der Waals surface area (Å²) < 4.78 is 24.9.